The second-order valence-corrected chi connectivity index (χ2v) is 6.05. The summed E-state index contributed by atoms with van der Waals surface area (Å²) in [6.07, 6.45) is 2.13. The lowest BCUT2D eigenvalue weighted by Crippen LogP contribution is -2.42. The van der Waals surface area contributed by atoms with E-state index in [-0.39, 0.29) is 6.03 Å². The van der Waals surface area contributed by atoms with Gasteiger partial charge in [-0.1, -0.05) is 0 Å². The average Bonchev–Trinajstić information content (AvgIpc) is 2.72. The molecule has 2 amide bonds. The summed E-state index contributed by atoms with van der Waals surface area (Å²) in [5, 5.41) is 21.6. The van der Waals surface area contributed by atoms with Crippen LogP contribution in [0.3, 0.4) is 0 Å². The highest BCUT2D eigenvalue weighted by molar-refractivity contribution is 5.74. The SMILES string of the molecule is C[C@]1(O)CCCN(C(=O)NCCOc2ccc(C#N)cc2)CC1. The highest BCUT2D eigenvalue weighted by atomic mass is 16.5. The summed E-state index contributed by atoms with van der Waals surface area (Å²) < 4.78 is 5.52. The Morgan fingerprint density at radius 1 is 1.39 bits per heavy atom. The van der Waals surface area contributed by atoms with Crippen LogP contribution in [0.25, 0.3) is 0 Å². The van der Waals surface area contributed by atoms with E-state index < -0.39 is 5.60 Å². The van der Waals surface area contributed by atoms with Gasteiger partial charge in [0.25, 0.3) is 0 Å². The Bertz CT molecular complexity index is 563. The summed E-state index contributed by atoms with van der Waals surface area (Å²) in [5.74, 6) is 0.670. The molecule has 1 aliphatic heterocycles. The molecule has 0 saturated carbocycles. The number of nitrogens with one attached hydrogen (secondary N) is 1. The van der Waals surface area contributed by atoms with E-state index in [4.69, 9.17) is 10.00 Å². The van der Waals surface area contributed by atoms with Crippen molar-refractivity contribution >= 4 is 6.03 Å². The van der Waals surface area contributed by atoms with Crippen LogP contribution in [0.1, 0.15) is 31.7 Å². The maximum atomic E-state index is 12.1. The molecule has 1 aliphatic rings. The van der Waals surface area contributed by atoms with Crippen LogP contribution in [0.4, 0.5) is 4.79 Å². The molecule has 23 heavy (non-hydrogen) atoms. The van der Waals surface area contributed by atoms with Gasteiger partial charge in [0.1, 0.15) is 12.4 Å². The summed E-state index contributed by atoms with van der Waals surface area (Å²) in [5.41, 5.74) is -0.0871. The second-order valence-electron chi connectivity index (χ2n) is 6.05. The molecule has 1 fully saturated rings. The Kier molecular flexibility index (Phi) is 5.83. The van der Waals surface area contributed by atoms with Gasteiger partial charge >= 0.3 is 6.03 Å². The van der Waals surface area contributed by atoms with Crippen LogP contribution in [0.15, 0.2) is 24.3 Å². The van der Waals surface area contributed by atoms with Gasteiger partial charge in [0, 0.05) is 13.1 Å². The lowest BCUT2D eigenvalue weighted by Gasteiger charge is -2.22. The topological polar surface area (TPSA) is 85.6 Å². The third kappa shape index (κ3) is 5.46. The largest absolute Gasteiger partial charge is 0.492 e. The first-order valence-electron chi connectivity index (χ1n) is 7.88. The van der Waals surface area contributed by atoms with Crippen LogP contribution in [0, 0.1) is 11.3 Å². The monoisotopic (exact) mass is 317 g/mol. The number of likely N-dealkylation sites (tertiary alicyclic amines) is 1. The van der Waals surface area contributed by atoms with E-state index in [1.54, 1.807) is 29.2 Å². The zero-order valence-corrected chi connectivity index (χ0v) is 13.4. The van der Waals surface area contributed by atoms with Crippen LogP contribution < -0.4 is 10.1 Å². The molecule has 0 spiro atoms. The van der Waals surface area contributed by atoms with Crippen LogP contribution in [-0.2, 0) is 0 Å². The Morgan fingerprint density at radius 3 is 2.83 bits per heavy atom. The predicted molar refractivity (Wildman–Crippen MR) is 86.1 cm³/mol. The van der Waals surface area contributed by atoms with E-state index in [1.165, 1.54) is 0 Å². The van der Waals surface area contributed by atoms with Crippen molar-refractivity contribution < 1.29 is 14.6 Å². The van der Waals surface area contributed by atoms with E-state index >= 15 is 0 Å². The normalized spacial score (nSPS) is 21.2. The van der Waals surface area contributed by atoms with E-state index in [1.807, 2.05) is 13.0 Å². The van der Waals surface area contributed by atoms with Gasteiger partial charge in [-0.2, -0.15) is 5.26 Å². The predicted octanol–water partition coefficient (Wildman–Crippen LogP) is 1.88. The minimum atomic E-state index is -0.673. The first-order valence-corrected chi connectivity index (χ1v) is 7.88. The number of amides is 2. The number of aliphatic hydroxyl groups is 1. The summed E-state index contributed by atoms with van der Waals surface area (Å²) in [6.45, 7) is 3.82. The number of urea groups is 1. The number of carbonyl (C=O) groups is 1. The fourth-order valence-electron chi connectivity index (χ4n) is 2.53. The van der Waals surface area contributed by atoms with E-state index in [0.29, 0.717) is 44.0 Å². The maximum Gasteiger partial charge on any atom is 0.317 e. The zero-order valence-electron chi connectivity index (χ0n) is 13.4. The van der Waals surface area contributed by atoms with Gasteiger partial charge in [0.2, 0.25) is 0 Å². The van der Waals surface area contributed by atoms with Crippen molar-refractivity contribution in [3.05, 3.63) is 29.8 Å². The van der Waals surface area contributed by atoms with Gasteiger partial charge in [-0.15, -0.1) is 0 Å². The van der Waals surface area contributed by atoms with E-state index in [0.717, 1.165) is 12.8 Å². The average molecular weight is 317 g/mol. The summed E-state index contributed by atoms with van der Waals surface area (Å²) in [4.78, 5) is 13.8. The second kappa shape index (κ2) is 7.84. The lowest BCUT2D eigenvalue weighted by atomic mass is 9.98. The quantitative estimate of drug-likeness (QED) is 0.830. The van der Waals surface area contributed by atoms with Crippen LogP contribution in [-0.4, -0.2) is 47.9 Å². The van der Waals surface area contributed by atoms with Crippen LogP contribution >= 0.6 is 0 Å². The molecule has 1 saturated heterocycles. The van der Waals surface area contributed by atoms with Crippen molar-refractivity contribution in [2.75, 3.05) is 26.2 Å². The van der Waals surface area contributed by atoms with Gasteiger partial charge in [-0.05, 0) is 50.5 Å². The standard InChI is InChI=1S/C17H23N3O3/c1-17(22)7-2-10-20(11-8-17)16(21)19-9-12-23-15-5-3-14(13-18)4-6-15/h3-6,22H,2,7-12H2,1H3,(H,19,21)/t17-/m0/s1. The molecule has 0 aliphatic carbocycles. The molecule has 124 valence electrons. The smallest absolute Gasteiger partial charge is 0.317 e. The molecule has 0 unspecified atom stereocenters. The first kappa shape index (κ1) is 17.1. The third-order valence-electron chi connectivity index (χ3n) is 3.98. The maximum absolute atomic E-state index is 12.1. The van der Waals surface area contributed by atoms with Gasteiger partial charge in [0.05, 0.1) is 23.8 Å². The highest BCUT2D eigenvalue weighted by Crippen LogP contribution is 2.21. The van der Waals surface area contributed by atoms with Gasteiger partial charge < -0.3 is 20.1 Å². The minimum Gasteiger partial charge on any atom is -0.492 e. The molecule has 0 radical (unpaired) electrons. The molecule has 1 atom stereocenters. The molecule has 0 aromatic heterocycles. The molecule has 0 bridgehead atoms. The summed E-state index contributed by atoms with van der Waals surface area (Å²) >= 11 is 0. The van der Waals surface area contributed by atoms with Crippen molar-refractivity contribution in [2.45, 2.75) is 31.8 Å². The van der Waals surface area contributed by atoms with Gasteiger partial charge in [-0.3, -0.25) is 0 Å². The van der Waals surface area contributed by atoms with Crippen molar-refractivity contribution in [1.82, 2.24) is 10.2 Å². The summed E-state index contributed by atoms with van der Waals surface area (Å²) in [7, 11) is 0. The number of rotatable bonds is 4. The molecule has 2 rings (SSSR count). The Labute approximate surface area is 136 Å². The molecule has 2 N–H and O–H groups in total. The molecule has 6 heteroatoms. The third-order valence-corrected chi connectivity index (χ3v) is 3.98. The Balaban J connectivity index is 1.69. The van der Waals surface area contributed by atoms with Gasteiger partial charge in [-0.25, -0.2) is 4.79 Å². The number of ether oxygens (including phenoxy) is 1. The molecule has 6 nitrogen and oxygen atoms in total. The van der Waals surface area contributed by atoms with Crippen molar-refractivity contribution in [1.29, 1.82) is 5.26 Å². The van der Waals surface area contributed by atoms with E-state index in [2.05, 4.69) is 5.32 Å². The minimum absolute atomic E-state index is 0.119. The fourth-order valence-corrected chi connectivity index (χ4v) is 2.53. The number of nitriles is 1. The number of benzene rings is 1. The molecule has 1 aromatic rings. The molecular formula is C17H23N3O3. The van der Waals surface area contributed by atoms with Crippen LogP contribution in [0.5, 0.6) is 5.75 Å². The number of hydrogen-bond donors (Lipinski definition) is 2. The van der Waals surface area contributed by atoms with Crippen molar-refractivity contribution in [3.63, 3.8) is 0 Å². The fraction of sp³-hybridized carbons (Fsp3) is 0.529. The highest BCUT2D eigenvalue weighted by Gasteiger charge is 2.26. The first-order chi connectivity index (χ1) is 11.0. The zero-order chi connectivity index (χ0) is 16.7. The van der Waals surface area contributed by atoms with Crippen molar-refractivity contribution in [2.24, 2.45) is 0 Å². The molecular weight excluding hydrogens is 294 g/mol. The Morgan fingerprint density at radius 2 is 2.13 bits per heavy atom. The number of hydrogen-bond acceptors (Lipinski definition) is 4. The molecule has 1 heterocycles. The lowest BCUT2D eigenvalue weighted by molar-refractivity contribution is 0.0456. The summed E-state index contributed by atoms with van der Waals surface area (Å²) in [6, 6.07) is 8.78. The van der Waals surface area contributed by atoms with E-state index in [9.17, 15) is 9.90 Å². The molecule has 1 aromatic carbocycles. The van der Waals surface area contributed by atoms with Crippen molar-refractivity contribution in [3.8, 4) is 11.8 Å². The van der Waals surface area contributed by atoms with Crippen LogP contribution in [0.2, 0.25) is 0 Å². The van der Waals surface area contributed by atoms with Gasteiger partial charge in [0.15, 0.2) is 0 Å². The number of carbonyl (C=O) groups excluding carboxylic acids is 1. The Hall–Kier alpha value is -2.26. The number of nitrogens with zero attached hydrogens (tertiary/aromatic N) is 2.